The second-order valence-corrected chi connectivity index (χ2v) is 6.19. The number of Topliss-reactive ketones (excluding diaryl/α,β-unsaturated/α-hetero) is 1. The predicted molar refractivity (Wildman–Crippen MR) is 93.4 cm³/mol. The molecule has 1 unspecified atom stereocenters. The molecule has 0 N–H and O–H groups in total. The van der Waals surface area contributed by atoms with Crippen molar-refractivity contribution in [1.29, 1.82) is 5.26 Å². The van der Waals surface area contributed by atoms with Crippen LogP contribution >= 0.6 is 0 Å². The molecular formula is C19H20N4O2. The number of hydrogen-bond donors (Lipinski definition) is 0. The third kappa shape index (κ3) is 4.32. The number of rotatable bonds is 6. The Balaban J connectivity index is 1.57. The van der Waals surface area contributed by atoms with Crippen molar-refractivity contribution in [1.82, 2.24) is 10.2 Å². The standard InChI is InChI=1S/C19H20N4O2/c1-25-18-4-2-3-14(10-18)9-17(24)11-16-5-6-19(22-21-16)23-8-7-15(12-20)13-23/h2-6,10,15H,7-9,11,13H2,1H3. The van der Waals surface area contributed by atoms with Crippen LogP contribution in [0.1, 0.15) is 17.7 Å². The molecule has 3 rings (SSSR count). The molecule has 1 atom stereocenters. The van der Waals surface area contributed by atoms with E-state index in [1.807, 2.05) is 36.4 Å². The molecule has 2 heterocycles. The lowest BCUT2D eigenvalue weighted by molar-refractivity contribution is -0.117. The second-order valence-electron chi connectivity index (χ2n) is 6.19. The van der Waals surface area contributed by atoms with Gasteiger partial charge in [-0.05, 0) is 36.2 Å². The van der Waals surface area contributed by atoms with Gasteiger partial charge in [-0.25, -0.2) is 0 Å². The van der Waals surface area contributed by atoms with Crippen molar-refractivity contribution in [2.45, 2.75) is 19.3 Å². The molecular weight excluding hydrogens is 316 g/mol. The van der Waals surface area contributed by atoms with Crippen LogP contribution in [0.5, 0.6) is 5.75 Å². The molecule has 0 aliphatic carbocycles. The molecule has 2 aromatic rings. The van der Waals surface area contributed by atoms with Gasteiger partial charge in [0.25, 0.3) is 0 Å². The summed E-state index contributed by atoms with van der Waals surface area (Å²) < 4.78 is 5.17. The Morgan fingerprint density at radius 3 is 2.88 bits per heavy atom. The molecule has 25 heavy (non-hydrogen) atoms. The number of hydrogen-bond acceptors (Lipinski definition) is 6. The monoisotopic (exact) mass is 336 g/mol. The van der Waals surface area contributed by atoms with Crippen molar-refractivity contribution in [2.24, 2.45) is 5.92 Å². The number of methoxy groups -OCH3 is 1. The van der Waals surface area contributed by atoms with E-state index in [0.717, 1.165) is 30.1 Å². The first-order chi connectivity index (χ1) is 12.2. The lowest BCUT2D eigenvalue weighted by atomic mass is 10.1. The highest BCUT2D eigenvalue weighted by Gasteiger charge is 2.23. The van der Waals surface area contributed by atoms with Crippen LogP contribution in [-0.2, 0) is 17.6 Å². The van der Waals surface area contributed by atoms with Gasteiger partial charge < -0.3 is 9.64 Å². The minimum atomic E-state index is 0.0610. The van der Waals surface area contributed by atoms with E-state index >= 15 is 0 Å². The number of nitriles is 1. The number of carbonyl (C=O) groups excluding carboxylic acids is 1. The summed E-state index contributed by atoms with van der Waals surface area (Å²) in [6, 6.07) is 13.5. The van der Waals surface area contributed by atoms with Crippen molar-refractivity contribution in [3.63, 3.8) is 0 Å². The molecule has 1 aromatic carbocycles. The first-order valence-electron chi connectivity index (χ1n) is 8.29. The summed E-state index contributed by atoms with van der Waals surface area (Å²) in [5.41, 5.74) is 1.58. The van der Waals surface area contributed by atoms with Gasteiger partial charge in [-0.2, -0.15) is 10.4 Å². The molecule has 1 saturated heterocycles. The predicted octanol–water partition coefficient (Wildman–Crippen LogP) is 2.19. The lowest BCUT2D eigenvalue weighted by Gasteiger charge is -2.15. The maximum absolute atomic E-state index is 12.2. The van der Waals surface area contributed by atoms with E-state index in [9.17, 15) is 4.79 Å². The summed E-state index contributed by atoms with van der Waals surface area (Å²) in [7, 11) is 1.61. The number of nitrogens with zero attached hydrogens (tertiary/aromatic N) is 4. The number of aromatic nitrogens is 2. The Labute approximate surface area is 147 Å². The zero-order chi connectivity index (χ0) is 17.6. The molecule has 1 aromatic heterocycles. The Kier molecular flexibility index (Phi) is 5.24. The number of anilines is 1. The molecule has 0 bridgehead atoms. The molecule has 1 aliphatic heterocycles. The van der Waals surface area contributed by atoms with Gasteiger partial charge in [-0.1, -0.05) is 12.1 Å². The van der Waals surface area contributed by atoms with Gasteiger partial charge in [0.2, 0.25) is 0 Å². The van der Waals surface area contributed by atoms with Gasteiger partial charge in [0, 0.05) is 19.5 Å². The molecule has 0 spiro atoms. The van der Waals surface area contributed by atoms with Gasteiger partial charge in [0.1, 0.15) is 11.5 Å². The molecule has 0 radical (unpaired) electrons. The summed E-state index contributed by atoms with van der Waals surface area (Å²) >= 11 is 0. The van der Waals surface area contributed by atoms with Crippen LogP contribution in [-0.4, -0.2) is 36.2 Å². The maximum Gasteiger partial charge on any atom is 0.151 e. The third-order valence-corrected chi connectivity index (χ3v) is 4.31. The van der Waals surface area contributed by atoms with Crippen molar-refractivity contribution in [2.75, 3.05) is 25.1 Å². The first-order valence-corrected chi connectivity index (χ1v) is 8.29. The van der Waals surface area contributed by atoms with Crippen molar-refractivity contribution in [3.05, 3.63) is 47.7 Å². The summed E-state index contributed by atoms with van der Waals surface area (Å²) in [5.74, 6) is 1.66. The highest BCUT2D eigenvalue weighted by Crippen LogP contribution is 2.21. The van der Waals surface area contributed by atoms with E-state index in [1.54, 1.807) is 7.11 Å². The molecule has 1 aliphatic rings. The van der Waals surface area contributed by atoms with Gasteiger partial charge in [-0.15, -0.1) is 5.10 Å². The van der Waals surface area contributed by atoms with Crippen molar-refractivity contribution >= 4 is 11.6 Å². The number of carbonyl (C=O) groups is 1. The minimum Gasteiger partial charge on any atom is -0.497 e. The average Bonchev–Trinajstić information content (AvgIpc) is 3.11. The molecule has 6 nitrogen and oxygen atoms in total. The Bertz CT molecular complexity index is 783. The Hall–Kier alpha value is -2.94. The minimum absolute atomic E-state index is 0.0610. The first kappa shape index (κ1) is 16.9. The Morgan fingerprint density at radius 2 is 2.20 bits per heavy atom. The van der Waals surface area contributed by atoms with Crippen molar-refractivity contribution in [3.8, 4) is 11.8 Å². The highest BCUT2D eigenvalue weighted by atomic mass is 16.5. The summed E-state index contributed by atoms with van der Waals surface area (Å²) in [5, 5.41) is 17.4. The topological polar surface area (TPSA) is 79.1 Å². The normalized spacial score (nSPS) is 16.5. The van der Waals surface area contributed by atoms with E-state index in [1.165, 1.54) is 0 Å². The van der Waals surface area contributed by atoms with Crippen LogP contribution < -0.4 is 9.64 Å². The zero-order valence-electron chi connectivity index (χ0n) is 14.2. The van der Waals surface area contributed by atoms with Crippen LogP contribution in [0.3, 0.4) is 0 Å². The molecule has 128 valence electrons. The fourth-order valence-corrected chi connectivity index (χ4v) is 2.96. The quantitative estimate of drug-likeness (QED) is 0.804. The largest absolute Gasteiger partial charge is 0.497 e. The fourth-order valence-electron chi connectivity index (χ4n) is 2.96. The van der Waals surface area contributed by atoms with Gasteiger partial charge >= 0.3 is 0 Å². The van der Waals surface area contributed by atoms with Crippen LogP contribution in [0, 0.1) is 17.2 Å². The molecule has 0 saturated carbocycles. The highest BCUT2D eigenvalue weighted by molar-refractivity contribution is 5.82. The van der Waals surface area contributed by atoms with Gasteiger partial charge in [0.05, 0.1) is 31.2 Å². The van der Waals surface area contributed by atoms with Gasteiger partial charge in [0.15, 0.2) is 5.82 Å². The van der Waals surface area contributed by atoms with Crippen LogP contribution in [0.4, 0.5) is 5.82 Å². The van der Waals surface area contributed by atoms with Crippen molar-refractivity contribution < 1.29 is 9.53 Å². The second kappa shape index (κ2) is 7.75. The number of ketones is 1. The van der Waals surface area contributed by atoms with E-state index in [-0.39, 0.29) is 18.1 Å². The molecule has 1 fully saturated rings. The number of benzene rings is 1. The van der Waals surface area contributed by atoms with E-state index in [0.29, 0.717) is 18.7 Å². The number of ether oxygens (including phenoxy) is 1. The van der Waals surface area contributed by atoms with E-state index in [2.05, 4.69) is 21.2 Å². The van der Waals surface area contributed by atoms with Crippen LogP contribution in [0.2, 0.25) is 0 Å². The smallest absolute Gasteiger partial charge is 0.151 e. The van der Waals surface area contributed by atoms with E-state index in [4.69, 9.17) is 10.00 Å². The summed E-state index contributed by atoms with van der Waals surface area (Å²) in [4.78, 5) is 14.3. The lowest BCUT2D eigenvalue weighted by Crippen LogP contribution is -2.21. The van der Waals surface area contributed by atoms with E-state index < -0.39 is 0 Å². The molecule has 0 amide bonds. The molecule has 6 heteroatoms. The van der Waals surface area contributed by atoms with Crippen LogP contribution in [0.15, 0.2) is 36.4 Å². The zero-order valence-corrected chi connectivity index (χ0v) is 14.2. The summed E-state index contributed by atoms with van der Waals surface area (Å²) in [6.07, 6.45) is 1.46. The summed E-state index contributed by atoms with van der Waals surface area (Å²) in [6.45, 7) is 1.51. The fraction of sp³-hybridized carbons (Fsp3) is 0.368. The average molecular weight is 336 g/mol. The maximum atomic E-state index is 12.2. The third-order valence-electron chi connectivity index (χ3n) is 4.31. The Morgan fingerprint density at radius 1 is 1.32 bits per heavy atom. The SMILES string of the molecule is COc1cccc(CC(=O)Cc2ccc(N3CCC(C#N)C3)nn2)c1. The van der Waals surface area contributed by atoms with Gasteiger partial charge in [-0.3, -0.25) is 4.79 Å². The van der Waals surface area contributed by atoms with Crippen LogP contribution in [0.25, 0.3) is 0 Å².